The predicted molar refractivity (Wildman–Crippen MR) is 328 cm³/mol. The van der Waals surface area contributed by atoms with E-state index in [-0.39, 0.29) is 19.4 Å². The highest BCUT2D eigenvalue weighted by atomic mass is 16.7. The first-order valence-corrected chi connectivity index (χ1v) is 31.0. The van der Waals surface area contributed by atoms with E-state index in [1.165, 1.54) is 51.4 Å². The van der Waals surface area contributed by atoms with Crippen molar-refractivity contribution in [1.82, 2.24) is 5.32 Å². The average Bonchev–Trinajstić information content (AvgIpc) is 3.49. The maximum absolute atomic E-state index is 13.4. The summed E-state index contributed by atoms with van der Waals surface area (Å²) in [5.74, 6) is -1.26. The van der Waals surface area contributed by atoms with Crippen LogP contribution >= 0.6 is 0 Å². The van der Waals surface area contributed by atoms with Crippen LogP contribution in [0.2, 0.25) is 0 Å². The number of hydrogen-bond donors (Lipinski definition) is 6. The number of hydrogen-bond acceptors (Lipinski definition) is 10. The van der Waals surface area contributed by atoms with E-state index in [1.807, 2.05) is 42.5 Å². The van der Waals surface area contributed by atoms with Crippen LogP contribution < -0.4 is 5.32 Å². The summed E-state index contributed by atoms with van der Waals surface area (Å²) in [5.41, 5.74) is 0. The van der Waals surface area contributed by atoms with Gasteiger partial charge in [0.05, 0.1) is 25.4 Å². The standard InChI is InChI=1S/C68H111NO10/c1-4-7-10-13-16-19-22-25-27-28-29-30-31-32-33-35-37-40-43-46-49-52-55-61(72)67(76)69-59(60(71)54-51-48-45-42-39-36-24-21-18-15-12-9-6-3)58-77-68-66(65(75)64(74)62(57-70)78-68)79-63(73)56-53-50-47-44-41-38-34-26-23-20-17-14-11-8-5-2/h7-8,10-11,14,16-17,19-20,23,25-27,29-30,32-34,37,40,51,54,59-62,64-66,68,70-72,74-75H,4-6,9,12-13,15,18,21-22,24,28,31,35-36,38-39,41-50,52-53,55-58H2,1-3H3,(H,69,76)/b10-7-,11-8+,17-14+,19-16-,23-20+,27-25-,30-29-,33-32-,34-26-,40-37-,54-51+. The third-order valence-electron chi connectivity index (χ3n) is 13.6. The molecule has 1 aliphatic rings. The fraction of sp³-hybridized carbons (Fsp3) is 0.647. The van der Waals surface area contributed by atoms with Gasteiger partial charge >= 0.3 is 5.97 Å². The monoisotopic (exact) mass is 1100 g/mol. The van der Waals surface area contributed by atoms with Crippen LogP contribution in [0.1, 0.15) is 220 Å². The molecule has 1 rings (SSSR count). The molecule has 8 atom stereocenters. The summed E-state index contributed by atoms with van der Waals surface area (Å²) in [6.45, 7) is 5.49. The summed E-state index contributed by atoms with van der Waals surface area (Å²) in [6, 6.07) is -1.05. The van der Waals surface area contributed by atoms with Crippen molar-refractivity contribution in [2.45, 2.75) is 269 Å². The topological polar surface area (TPSA) is 175 Å². The molecule has 448 valence electrons. The lowest BCUT2D eigenvalue weighted by Gasteiger charge is -2.41. The minimum atomic E-state index is -1.64. The normalized spacial score (nSPS) is 19.8. The molecule has 8 unspecified atom stereocenters. The Bertz CT molecular complexity index is 1790. The van der Waals surface area contributed by atoms with Crippen LogP contribution in [0.5, 0.6) is 0 Å². The molecule has 1 aliphatic heterocycles. The zero-order chi connectivity index (χ0) is 57.5. The van der Waals surface area contributed by atoms with Gasteiger partial charge in [-0.2, -0.15) is 0 Å². The molecule has 6 N–H and O–H groups in total. The van der Waals surface area contributed by atoms with Crippen molar-refractivity contribution in [3.8, 4) is 0 Å². The van der Waals surface area contributed by atoms with Crippen LogP contribution in [0.4, 0.5) is 0 Å². The number of carbonyl (C=O) groups is 2. The van der Waals surface area contributed by atoms with E-state index >= 15 is 0 Å². The highest BCUT2D eigenvalue weighted by Gasteiger charge is 2.47. The zero-order valence-electron chi connectivity index (χ0n) is 49.4. The molecule has 0 spiro atoms. The Hall–Kier alpha value is -4.20. The average molecular weight is 1100 g/mol. The number of allylic oxidation sites excluding steroid dienone is 21. The quantitative estimate of drug-likeness (QED) is 0.0149. The number of amides is 1. The molecule has 11 nitrogen and oxygen atoms in total. The molecule has 0 aromatic heterocycles. The summed E-state index contributed by atoms with van der Waals surface area (Å²) in [4.78, 5) is 26.5. The van der Waals surface area contributed by atoms with Crippen LogP contribution in [0.25, 0.3) is 0 Å². The van der Waals surface area contributed by atoms with Gasteiger partial charge in [0.2, 0.25) is 5.91 Å². The minimum Gasteiger partial charge on any atom is -0.454 e. The molecule has 0 bridgehead atoms. The Balaban J connectivity index is 2.73. The molecule has 1 amide bonds. The Morgan fingerprint density at radius 2 is 0.975 bits per heavy atom. The molecule has 0 aromatic rings. The Morgan fingerprint density at radius 1 is 0.519 bits per heavy atom. The maximum atomic E-state index is 13.4. The zero-order valence-corrected chi connectivity index (χ0v) is 49.4. The third kappa shape index (κ3) is 42.3. The van der Waals surface area contributed by atoms with Gasteiger partial charge in [0.25, 0.3) is 0 Å². The van der Waals surface area contributed by atoms with Crippen LogP contribution in [0.3, 0.4) is 0 Å². The molecule has 0 aromatic carbocycles. The first kappa shape index (κ1) is 72.8. The van der Waals surface area contributed by atoms with E-state index in [4.69, 9.17) is 14.2 Å². The SMILES string of the molecule is CC/C=C\C/C=C\C/C=C\C/C=C\C/C=C\C/C=C\CCCCCC(O)C(=O)NC(COC1OC(CO)C(O)C(O)C1OC(=O)CCCCCCC\C=C/C=C/C=C/C=C/CC)C(O)/C=C/CCCCCCCCCCCCC. The lowest BCUT2D eigenvalue weighted by molar-refractivity contribution is -0.305. The molecule has 1 fully saturated rings. The number of aliphatic hydroxyl groups is 5. The fourth-order valence-electron chi connectivity index (χ4n) is 8.78. The van der Waals surface area contributed by atoms with Gasteiger partial charge in [-0.3, -0.25) is 9.59 Å². The highest BCUT2D eigenvalue weighted by Crippen LogP contribution is 2.26. The van der Waals surface area contributed by atoms with Gasteiger partial charge in [0.1, 0.15) is 24.4 Å². The van der Waals surface area contributed by atoms with Gasteiger partial charge in [-0.1, -0.05) is 251 Å². The first-order chi connectivity index (χ1) is 38.7. The number of esters is 1. The van der Waals surface area contributed by atoms with Gasteiger partial charge in [-0.05, 0) is 96.3 Å². The van der Waals surface area contributed by atoms with Crippen LogP contribution in [0, 0.1) is 0 Å². The fourth-order valence-corrected chi connectivity index (χ4v) is 8.78. The molecule has 0 radical (unpaired) electrons. The van der Waals surface area contributed by atoms with E-state index in [0.29, 0.717) is 12.8 Å². The number of nitrogens with one attached hydrogen (secondary N) is 1. The van der Waals surface area contributed by atoms with Crippen molar-refractivity contribution < 1.29 is 49.3 Å². The van der Waals surface area contributed by atoms with E-state index in [1.54, 1.807) is 6.08 Å². The van der Waals surface area contributed by atoms with Crippen molar-refractivity contribution in [3.05, 3.63) is 134 Å². The number of ether oxygens (including phenoxy) is 3. The number of aliphatic hydroxyl groups excluding tert-OH is 5. The number of unbranched alkanes of at least 4 members (excludes halogenated alkanes) is 19. The number of rotatable bonds is 50. The van der Waals surface area contributed by atoms with Crippen LogP contribution in [-0.2, 0) is 23.8 Å². The van der Waals surface area contributed by atoms with Crippen molar-refractivity contribution in [2.24, 2.45) is 0 Å². The van der Waals surface area contributed by atoms with Gasteiger partial charge < -0.3 is 45.1 Å². The van der Waals surface area contributed by atoms with Crippen LogP contribution in [0.15, 0.2) is 134 Å². The van der Waals surface area contributed by atoms with Crippen molar-refractivity contribution in [1.29, 1.82) is 0 Å². The van der Waals surface area contributed by atoms with Crippen molar-refractivity contribution in [3.63, 3.8) is 0 Å². The van der Waals surface area contributed by atoms with E-state index in [9.17, 15) is 35.1 Å². The van der Waals surface area contributed by atoms with Gasteiger partial charge in [-0.15, -0.1) is 0 Å². The van der Waals surface area contributed by atoms with E-state index in [2.05, 4.69) is 111 Å². The van der Waals surface area contributed by atoms with Crippen LogP contribution in [-0.4, -0.2) is 99.6 Å². The minimum absolute atomic E-state index is 0.0861. The molecular weight excluding hydrogens is 991 g/mol. The summed E-state index contributed by atoms with van der Waals surface area (Å²) in [5, 5.41) is 57.0. The molecule has 1 heterocycles. The highest BCUT2D eigenvalue weighted by molar-refractivity contribution is 5.80. The molecular formula is C68H111NO10. The summed E-state index contributed by atoms with van der Waals surface area (Å²) >= 11 is 0. The Morgan fingerprint density at radius 3 is 1.52 bits per heavy atom. The molecule has 0 saturated carbocycles. The predicted octanol–water partition coefficient (Wildman–Crippen LogP) is 14.8. The summed E-state index contributed by atoms with van der Waals surface area (Å²) in [7, 11) is 0. The molecule has 1 saturated heterocycles. The smallest absolute Gasteiger partial charge is 0.306 e. The van der Waals surface area contributed by atoms with E-state index in [0.717, 1.165) is 122 Å². The Labute approximate surface area is 480 Å². The molecule has 11 heteroatoms. The second-order valence-corrected chi connectivity index (χ2v) is 20.8. The van der Waals surface area contributed by atoms with Crippen molar-refractivity contribution >= 4 is 11.9 Å². The van der Waals surface area contributed by atoms with Gasteiger partial charge in [0.15, 0.2) is 12.4 Å². The maximum Gasteiger partial charge on any atom is 0.306 e. The second kappa shape index (κ2) is 54.4. The Kier molecular flexibility index (Phi) is 50.1. The third-order valence-corrected chi connectivity index (χ3v) is 13.6. The number of carbonyl (C=O) groups excluding carboxylic acids is 2. The van der Waals surface area contributed by atoms with E-state index < -0.39 is 67.4 Å². The lowest BCUT2D eigenvalue weighted by atomic mass is 9.99. The van der Waals surface area contributed by atoms with Gasteiger partial charge in [-0.25, -0.2) is 0 Å². The summed E-state index contributed by atoms with van der Waals surface area (Å²) in [6.07, 6.45) is 66.2. The molecule has 79 heavy (non-hydrogen) atoms. The van der Waals surface area contributed by atoms with Gasteiger partial charge in [0, 0.05) is 6.42 Å². The molecule has 0 aliphatic carbocycles. The largest absolute Gasteiger partial charge is 0.454 e. The lowest BCUT2D eigenvalue weighted by Crippen LogP contribution is -2.61. The first-order valence-electron chi connectivity index (χ1n) is 31.0. The van der Waals surface area contributed by atoms with Crippen molar-refractivity contribution in [2.75, 3.05) is 13.2 Å². The summed E-state index contributed by atoms with van der Waals surface area (Å²) < 4.78 is 17.6. The second-order valence-electron chi connectivity index (χ2n) is 20.8.